The van der Waals surface area contributed by atoms with Crippen LogP contribution in [0.1, 0.15) is 48.6 Å². The van der Waals surface area contributed by atoms with Crippen LogP contribution in [0.15, 0.2) is 54.6 Å². The average Bonchev–Trinajstić information content (AvgIpc) is 2.64. The van der Waals surface area contributed by atoms with Gasteiger partial charge in [0.25, 0.3) is 0 Å². The summed E-state index contributed by atoms with van der Waals surface area (Å²) in [6.07, 6.45) is 3.80. The Hall–Kier alpha value is -1.39. The van der Waals surface area contributed by atoms with Crippen LogP contribution in [0.5, 0.6) is 0 Å². The van der Waals surface area contributed by atoms with E-state index in [4.69, 9.17) is 4.74 Å². The maximum atomic E-state index is 6.08. The molecule has 3 unspecified atom stereocenters. The lowest BCUT2D eigenvalue weighted by atomic mass is 9.88. The van der Waals surface area contributed by atoms with Gasteiger partial charge in [-0.25, -0.2) is 10.4 Å². The molecule has 0 amide bonds. The predicted octanol–water partition coefficient (Wildman–Crippen LogP) is 4.45. The van der Waals surface area contributed by atoms with E-state index in [0.29, 0.717) is 12.1 Å². The van der Waals surface area contributed by atoms with Crippen molar-refractivity contribution in [3.05, 3.63) is 71.3 Å². The van der Waals surface area contributed by atoms with Crippen LogP contribution in [0, 0.1) is 0 Å². The summed E-state index contributed by atoms with van der Waals surface area (Å²) in [5, 5.41) is 2.40. The minimum absolute atomic E-state index is 0. The van der Waals surface area contributed by atoms with E-state index in [2.05, 4.69) is 72.0 Å². The molecule has 4 heteroatoms. The second kappa shape index (κ2) is 8.33. The largest absolute Gasteiger partial charge is 0.370 e. The number of nitrogens with one attached hydrogen (secondary N) is 1. The van der Waals surface area contributed by atoms with Gasteiger partial charge in [0.15, 0.2) is 0 Å². The van der Waals surface area contributed by atoms with Gasteiger partial charge in [0.05, 0.1) is 18.8 Å². The molecule has 4 rings (SSSR count). The first-order valence-electron chi connectivity index (χ1n) is 9.10. The topological polar surface area (TPSA) is 24.5 Å². The summed E-state index contributed by atoms with van der Waals surface area (Å²) in [6.45, 7) is 3.97. The number of rotatable bonds is 3. The van der Waals surface area contributed by atoms with Crippen LogP contribution in [-0.4, -0.2) is 24.2 Å². The molecule has 1 aliphatic carbocycles. The van der Waals surface area contributed by atoms with Crippen LogP contribution >= 0.6 is 12.4 Å². The summed E-state index contributed by atoms with van der Waals surface area (Å²) in [5.41, 5.74) is 8.05. The molecule has 1 aliphatic heterocycles. The van der Waals surface area contributed by atoms with Crippen molar-refractivity contribution in [2.45, 2.75) is 44.4 Å². The molecule has 1 fully saturated rings. The number of halogens is 1. The zero-order valence-corrected chi connectivity index (χ0v) is 15.5. The SMILES string of the molecule is CC1C(c2ccccc2)OCCN1NC1CCCc2ccccc21.Cl. The fourth-order valence-corrected chi connectivity index (χ4v) is 4.07. The van der Waals surface area contributed by atoms with Gasteiger partial charge in [-0.05, 0) is 42.9 Å². The van der Waals surface area contributed by atoms with Crippen LogP contribution in [0.3, 0.4) is 0 Å². The third-order valence-electron chi connectivity index (χ3n) is 5.38. The van der Waals surface area contributed by atoms with Gasteiger partial charge >= 0.3 is 0 Å². The lowest BCUT2D eigenvalue weighted by Crippen LogP contribution is -2.53. The standard InChI is InChI=1S/C21H26N2O.ClH/c1-16-21(18-9-3-2-4-10-18)24-15-14-23(16)22-20-13-7-11-17-8-5-6-12-19(17)20;/h2-6,8-10,12,16,20-22H,7,11,13-15H2,1H3;1H. The van der Waals surface area contributed by atoms with Crippen molar-refractivity contribution in [1.29, 1.82) is 0 Å². The van der Waals surface area contributed by atoms with Gasteiger partial charge in [-0.2, -0.15) is 0 Å². The molecule has 3 nitrogen and oxygen atoms in total. The minimum atomic E-state index is 0. The zero-order chi connectivity index (χ0) is 16.4. The highest BCUT2D eigenvalue weighted by atomic mass is 35.5. The van der Waals surface area contributed by atoms with Gasteiger partial charge in [0.2, 0.25) is 0 Å². The fourth-order valence-electron chi connectivity index (χ4n) is 4.07. The zero-order valence-electron chi connectivity index (χ0n) is 14.7. The first-order valence-corrected chi connectivity index (χ1v) is 9.10. The second-order valence-corrected chi connectivity index (χ2v) is 6.91. The smallest absolute Gasteiger partial charge is 0.0991 e. The van der Waals surface area contributed by atoms with Crippen molar-refractivity contribution >= 4 is 12.4 Å². The van der Waals surface area contributed by atoms with Crippen LogP contribution in [0.25, 0.3) is 0 Å². The first-order chi connectivity index (χ1) is 11.8. The van der Waals surface area contributed by atoms with Crippen molar-refractivity contribution in [3.63, 3.8) is 0 Å². The van der Waals surface area contributed by atoms with Gasteiger partial charge in [0, 0.05) is 12.6 Å². The first kappa shape index (κ1) is 18.4. The van der Waals surface area contributed by atoms with Crippen LogP contribution in [0.2, 0.25) is 0 Å². The highest BCUT2D eigenvalue weighted by Gasteiger charge is 2.32. The number of fused-ring (bicyclic) bond motifs is 1. The number of hydrogen-bond donors (Lipinski definition) is 1. The van der Waals surface area contributed by atoms with Gasteiger partial charge in [-0.1, -0.05) is 54.6 Å². The molecule has 0 bridgehead atoms. The number of nitrogens with zero attached hydrogens (tertiary/aromatic N) is 1. The van der Waals surface area contributed by atoms with E-state index in [9.17, 15) is 0 Å². The van der Waals surface area contributed by atoms with Crippen LogP contribution in [0.4, 0.5) is 0 Å². The third kappa shape index (κ3) is 3.90. The van der Waals surface area contributed by atoms with Gasteiger partial charge < -0.3 is 4.74 Å². The monoisotopic (exact) mass is 358 g/mol. The third-order valence-corrected chi connectivity index (χ3v) is 5.38. The summed E-state index contributed by atoms with van der Waals surface area (Å²) >= 11 is 0. The number of hydrazine groups is 1. The summed E-state index contributed by atoms with van der Waals surface area (Å²) in [4.78, 5) is 0. The highest BCUT2D eigenvalue weighted by Crippen LogP contribution is 2.32. The minimum Gasteiger partial charge on any atom is -0.370 e. The number of benzene rings is 2. The number of morpholine rings is 1. The van der Waals surface area contributed by atoms with Crippen molar-refractivity contribution in [2.24, 2.45) is 0 Å². The van der Waals surface area contributed by atoms with E-state index in [-0.39, 0.29) is 18.5 Å². The van der Waals surface area contributed by atoms with E-state index in [1.807, 2.05) is 0 Å². The van der Waals surface area contributed by atoms with Crippen LogP contribution < -0.4 is 5.43 Å². The Morgan fingerprint density at radius 2 is 1.80 bits per heavy atom. The maximum absolute atomic E-state index is 6.08. The summed E-state index contributed by atoms with van der Waals surface area (Å²) in [5.74, 6) is 0. The average molecular weight is 359 g/mol. The van der Waals surface area contributed by atoms with E-state index in [1.165, 1.54) is 36.0 Å². The van der Waals surface area contributed by atoms with Crippen molar-refractivity contribution in [3.8, 4) is 0 Å². The molecule has 3 atom stereocenters. The van der Waals surface area contributed by atoms with Crippen molar-refractivity contribution in [1.82, 2.24) is 10.4 Å². The molecular weight excluding hydrogens is 332 g/mol. The molecule has 1 saturated heterocycles. The number of aryl methyl sites for hydroxylation is 1. The molecule has 0 saturated carbocycles. The maximum Gasteiger partial charge on any atom is 0.0991 e. The molecule has 0 spiro atoms. The Morgan fingerprint density at radius 3 is 2.64 bits per heavy atom. The Balaban J connectivity index is 0.00000182. The van der Waals surface area contributed by atoms with E-state index < -0.39 is 0 Å². The van der Waals surface area contributed by atoms with Crippen LogP contribution in [-0.2, 0) is 11.2 Å². The van der Waals surface area contributed by atoms with Gasteiger partial charge in [-0.3, -0.25) is 0 Å². The molecule has 134 valence electrons. The molecule has 0 aromatic heterocycles. The Labute approximate surface area is 156 Å². The quantitative estimate of drug-likeness (QED) is 0.877. The van der Waals surface area contributed by atoms with Gasteiger partial charge in [0.1, 0.15) is 0 Å². The summed E-state index contributed by atoms with van der Waals surface area (Å²) in [7, 11) is 0. The number of hydrogen-bond acceptors (Lipinski definition) is 3. The van der Waals surface area contributed by atoms with E-state index in [1.54, 1.807) is 0 Å². The Morgan fingerprint density at radius 1 is 1.04 bits per heavy atom. The molecule has 2 aliphatic rings. The highest BCUT2D eigenvalue weighted by molar-refractivity contribution is 5.85. The van der Waals surface area contributed by atoms with Gasteiger partial charge in [-0.15, -0.1) is 12.4 Å². The number of ether oxygens (including phenoxy) is 1. The van der Waals surface area contributed by atoms with Crippen molar-refractivity contribution in [2.75, 3.05) is 13.2 Å². The van der Waals surface area contributed by atoms with E-state index >= 15 is 0 Å². The lowest BCUT2D eigenvalue weighted by Gasteiger charge is -2.42. The molecule has 1 heterocycles. The predicted molar refractivity (Wildman–Crippen MR) is 104 cm³/mol. The molecule has 1 N–H and O–H groups in total. The fraction of sp³-hybridized carbons (Fsp3) is 0.429. The lowest BCUT2D eigenvalue weighted by molar-refractivity contribution is -0.0932. The molecule has 25 heavy (non-hydrogen) atoms. The Bertz CT molecular complexity index is 679. The Kier molecular flexibility index (Phi) is 6.13. The molecule has 2 aromatic rings. The summed E-state index contributed by atoms with van der Waals surface area (Å²) < 4.78 is 6.08. The normalized spacial score (nSPS) is 26.5. The van der Waals surface area contributed by atoms with Crippen molar-refractivity contribution < 1.29 is 4.74 Å². The molecular formula is C21H27ClN2O. The second-order valence-electron chi connectivity index (χ2n) is 6.91. The molecule has 2 aromatic carbocycles. The summed E-state index contributed by atoms with van der Waals surface area (Å²) in [6, 6.07) is 20.2. The molecule has 0 radical (unpaired) electrons. The van der Waals surface area contributed by atoms with E-state index in [0.717, 1.165) is 13.2 Å².